The lowest BCUT2D eigenvalue weighted by Gasteiger charge is -2.09. The molecule has 0 radical (unpaired) electrons. The van der Waals surface area contributed by atoms with Gasteiger partial charge in [0.1, 0.15) is 0 Å². The third kappa shape index (κ3) is 3.71. The first kappa shape index (κ1) is 21.1. The molecule has 2 N–H and O–H groups in total. The van der Waals surface area contributed by atoms with Crippen LogP contribution >= 0.6 is 0 Å². The van der Waals surface area contributed by atoms with E-state index < -0.39 is 17.4 Å². The van der Waals surface area contributed by atoms with Crippen LogP contribution in [0.3, 0.4) is 0 Å². The summed E-state index contributed by atoms with van der Waals surface area (Å²) in [6.07, 6.45) is 3.58. The van der Waals surface area contributed by atoms with Crippen molar-refractivity contribution in [2.24, 2.45) is 0 Å². The zero-order chi connectivity index (χ0) is 23.8. The van der Waals surface area contributed by atoms with Crippen molar-refractivity contribution in [3.63, 3.8) is 0 Å². The number of aromatic nitrogens is 5. The maximum atomic E-state index is 11.9. The Hall–Kier alpha value is -4.72. The van der Waals surface area contributed by atoms with Gasteiger partial charge in [-0.15, -0.1) is 0 Å². The maximum Gasteiger partial charge on any atom is 0.358 e. The molecule has 0 spiro atoms. The summed E-state index contributed by atoms with van der Waals surface area (Å²) < 4.78 is 3.42. The fourth-order valence-electron chi connectivity index (χ4n) is 3.89. The van der Waals surface area contributed by atoms with Crippen molar-refractivity contribution in [2.45, 2.75) is 13.8 Å². The van der Waals surface area contributed by atoms with Gasteiger partial charge < -0.3 is 10.2 Å². The molecule has 3 aromatic heterocycles. The normalized spacial score (nSPS) is 11.0. The van der Waals surface area contributed by atoms with Crippen molar-refractivity contribution in [2.75, 3.05) is 0 Å². The van der Waals surface area contributed by atoms with Crippen LogP contribution in [0.5, 0.6) is 5.75 Å². The quantitative estimate of drug-likeness (QED) is 0.397. The average molecular weight is 451 g/mol. The lowest BCUT2D eigenvalue weighted by molar-refractivity contribution is 0.0687. The Kier molecular flexibility index (Phi) is 5.18. The Balaban J connectivity index is 1.67. The van der Waals surface area contributed by atoms with Crippen LogP contribution in [-0.4, -0.2) is 40.7 Å². The number of aryl methyl sites for hydroxylation is 2. The zero-order valence-corrected chi connectivity index (χ0v) is 18.5. The van der Waals surface area contributed by atoms with Gasteiger partial charge in [-0.05, 0) is 44.2 Å². The number of rotatable bonds is 5. The van der Waals surface area contributed by atoms with Crippen molar-refractivity contribution in [3.8, 4) is 39.5 Å². The Morgan fingerprint density at radius 2 is 1.26 bits per heavy atom. The molecule has 0 saturated carbocycles. The first-order chi connectivity index (χ1) is 16.4. The van der Waals surface area contributed by atoms with Crippen LogP contribution < -0.4 is 0 Å². The number of para-hydroxylation sites is 2. The van der Waals surface area contributed by atoms with Gasteiger partial charge in [0.25, 0.3) is 0 Å². The molecular formula is C26H21N5O3. The van der Waals surface area contributed by atoms with Crippen LogP contribution in [0, 0.1) is 13.8 Å². The topological polar surface area (TPSA) is 106 Å². The van der Waals surface area contributed by atoms with Crippen LogP contribution in [0.25, 0.3) is 33.8 Å². The number of aromatic hydroxyl groups is 1. The second-order valence-electron chi connectivity index (χ2n) is 7.87. The minimum atomic E-state index is -1.32. The molecular weight excluding hydrogens is 430 g/mol. The molecule has 0 saturated heterocycles. The van der Waals surface area contributed by atoms with Crippen LogP contribution in [0.15, 0.2) is 79.1 Å². The highest BCUT2D eigenvalue weighted by Gasteiger charge is 2.23. The molecule has 34 heavy (non-hydrogen) atoms. The molecule has 0 aliphatic carbocycles. The summed E-state index contributed by atoms with van der Waals surface area (Å²) >= 11 is 0. The minimum absolute atomic E-state index is 0.342. The summed E-state index contributed by atoms with van der Waals surface area (Å²) in [5, 5.41) is 29.7. The van der Waals surface area contributed by atoms with Gasteiger partial charge in [0.05, 0.1) is 28.5 Å². The van der Waals surface area contributed by atoms with E-state index in [0.29, 0.717) is 33.8 Å². The highest BCUT2D eigenvalue weighted by Crippen LogP contribution is 2.37. The number of hydrogen-bond donors (Lipinski definition) is 2. The lowest BCUT2D eigenvalue weighted by atomic mass is 10.0. The van der Waals surface area contributed by atoms with Gasteiger partial charge in [0.2, 0.25) is 0 Å². The fourth-order valence-corrected chi connectivity index (χ4v) is 3.89. The summed E-state index contributed by atoms with van der Waals surface area (Å²) in [6, 6.07) is 20.8. The van der Waals surface area contributed by atoms with Crippen LogP contribution in [0.4, 0.5) is 0 Å². The highest BCUT2D eigenvalue weighted by atomic mass is 16.4. The molecule has 0 fully saturated rings. The Morgan fingerprint density at radius 1 is 0.765 bits per heavy atom. The predicted molar refractivity (Wildman–Crippen MR) is 127 cm³/mol. The zero-order valence-electron chi connectivity index (χ0n) is 18.5. The number of aromatic carboxylic acids is 1. The number of carbonyl (C=O) groups is 1. The number of carboxylic acids is 1. The van der Waals surface area contributed by atoms with Crippen molar-refractivity contribution in [1.82, 2.24) is 24.5 Å². The fraction of sp³-hybridized carbons (Fsp3) is 0.0769. The molecule has 0 unspecified atom stereocenters. The van der Waals surface area contributed by atoms with Gasteiger partial charge in [-0.25, -0.2) is 19.1 Å². The molecule has 5 rings (SSSR count). The van der Waals surface area contributed by atoms with Gasteiger partial charge in [-0.2, -0.15) is 10.2 Å². The molecule has 0 aliphatic rings. The Morgan fingerprint density at radius 3 is 1.79 bits per heavy atom. The summed E-state index contributed by atoms with van der Waals surface area (Å²) in [5.74, 6) is -1.72. The van der Waals surface area contributed by atoms with E-state index in [2.05, 4.69) is 15.2 Å². The molecule has 5 aromatic rings. The van der Waals surface area contributed by atoms with E-state index in [9.17, 15) is 15.0 Å². The second-order valence-corrected chi connectivity index (χ2v) is 7.87. The monoisotopic (exact) mass is 451 g/mol. The van der Waals surface area contributed by atoms with E-state index in [1.54, 1.807) is 27.8 Å². The van der Waals surface area contributed by atoms with E-state index in [-0.39, 0.29) is 0 Å². The molecule has 3 heterocycles. The van der Waals surface area contributed by atoms with Gasteiger partial charge in [0.15, 0.2) is 11.4 Å². The van der Waals surface area contributed by atoms with Crippen LogP contribution in [-0.2, 0) is 0 Å². The molecule has 0 atom stereocenters. The summed E-state index contributed by atoms with van der Waals surface area (Å²) in [7, 11) is 0. The van der Waals surface area contributed by atoms with Gasteiger partial charge in [-0.3, -0.25) is 0 Å². The van der Waals surface area contributed by atoms with E-state index in [1.165, 1.54) is 0 Å². The Bertz CT molecular complexity index is 1500. The largest absolute Gasteiger partial charge is 0.505 e. The third-order valence-electron chi connectivity index (χ3n) is 5.60. The first-order valence-electron chi connectivity index (χ1n) is 10.6. The maximum absolute atomic E-state index is 11.9. The number of hydrogen-bond acceptors (Lipinski definition) is 5. The predicted octanol–water partition coefficient (Wildman–Crippen LogP) is 4.81. The summed E-state index contributed by atoms with van der Waals surface area (Å²) in [5.41, 5.74) is 4.64. The number of nitrogens with zero attached hydrogens (tertiary/aromatic N) is 5. The Labute approximate surface area is 195 Å². The molecule has 168 valence electrons. The molecule has 8 heteroatoms. The summed E-state index contributed by atoms with van der Waals surface area (Å²) in [4.78, 5) is 16.2. The second kappa shape index (κ2) is 8.32. The van der Waals surface area contributed by atoms with Crippen LogP contribution in [0.2, 0.25) is 0 Å². The smallest absolute Gasteiger partial charge is 0.358 e. The standard InChI is InChI=1S/C26H21N5O3/c1-16-21(14-30(28-16)18-9-5-3-6-10-18)20-13-23(27-24(25(20)32)26(33)34)22-15-31(29-17(22)2)19-11-7-4-8-12-19/h3-15,32H,1-2H3,(H,33,34). The highest BCUT2D eigenvalue weighted by molar-refractivity contribution is 5.93. The number of carboxylic acid groups (broad SMARTS) is 1. The lowest BCUT2D eigenvalue weighted by Crippen LogP contribution is -2.03. The van der Waals surface area contributed by atoms with E-state index in [0.717, 1.165) is 11.4 Å². The summed E-state index contributed by atoms with van der Waals surface area (Å²) in [6.45, 7) is 3.65. The van der Waals surface area contributed by atoms with Crippen LogP contribution in [0.1, 0.15) is 21.9 Å². The van der Waals surface area contributed by atoms with Gasteiger partial charge in [-0.1, -0.05) is 36.4 Å². The molecule has 2 aromatic carbocycles. The first-order valence-corrected chi connectivity index (χ1v) is 10.6. The van der Waals surface area contributed by atoms with Crippen molar-refractivity contribution >= 4 is 5.97 Å². The van der Waals surface area contributed by atoms with E-state index in [1.807, 2.05) is 74.5 Å². The SMILES string of the molecule is Cc1nn(-c2ccccc2)cc1-c1cc(-c2cn(-c3ccccc3)nc2C)c(O)c(C(=O)O)n1. The average Bonchev–Trinajstić information content (AvgIpc) is 3.43. The number of pyridine rings is 1. The van der Waals surface area contributed by atoms with E-state index in [4.69, 9.17) is 0 Å². The minimum Gasteiger partial charge on any atom is -0.505 e. The van der Waals surface area contributed by atoms with Gasteiger partial charge in [0, 0.05) is 29.1 Å². The van der Waals surface area contributed by atoms with E-state index >= 15 is 0 Å². The molecule has 0 aliphatic heterocycles. The van der Waals surface area contributed by atoms with Gasteiger partial charge >= 0.3 is 5.97 Å². The third-order valence-corrected chi connectivity index (χ3v) is 5.60. The molecule has 0 bridgehead atoms. The molecule has 0 amide bonds. The van der Waals surface area contributed by atoms with Crippen molar-refractivity contribution in [3.05, 3.63) is 96.2 Å². The number of benzene rings is 2. The molecule has 8 nitrogen and oxygen atoms in total. The van der Waals surface area contributed by atoms with Crippen molar-refractivity contribution < 1.29 is 15.0 Å². The van der Waals surface area contributed by atoms with Crippen molar-refractivity contribution in [1.29, 1.82) is 0 Å².